The molecule has 0 unspecified atom stereocenters. The van der Waals surface area contributed by atoms with Crippen molar-refractivity contribution in [3.8, 4) is 0 Å². The first-order valence-corrected chi connectivity index (χ1v) is 8.66. The van der Waals surface area contributed by atoms with Crippen LogP contribution in [0.1, 0.15) is 44.6 Å². The summed E-state index contributed by atoms with van der Waals surface area (Å²) in [7, 11) is 0. The predicted octanol–water partition coefficient (Wildman–Crippen LogP) is 3.85. The summed E-state index contributed by atoms with van der Waals surface area (Å²) in [5.74, 6) is 0.508. The molecule has 1 saturated carbocycles. The molecule has 6 heteroatoms. The number of guanidine groups is 1. The van der Waals surface area contributed by atoms with Gasteiger partial charge in [-0.15, -0.1) is 24.0 Å². The van der Waals surface area contributed by atoms with Gasteiger partial charge in [0.15, 0.2) is 5.96 Å². The van der Waals surface area contributed by atoms with Gasteiger partial charge < -0.3 is 15.4 Å². The van der Waals surface area contributed by atoms with Crippen molar-refractivity contribution in [1.29, 1.82) is 0 Å². The van der Waals surface area contributed by atoms with Crippen molar-refractivity contribution in [2.45, 2.75) is 51.7 Å². The monoisotopic (exact) mass is 449 g/mol. The highest BCUT2D eigenvalue weighted by Crippen LogP contribution is 2.20. The number of hydrogen-bond donors (Lipinski definition) is 2. The lowest BCUT2D eigenvalue weighted by Gasteiger charge is -2.13. The van der Waals surface area contributed by atoms with E-state index in [9.17, 15) is 4.39 Å². The summed E-state index contributed by atoms with van der Waals surface area (Å²) in [6.07, 6.45) is 6.44. The van der Waals surface area contributed by atoms with Gasteiger partial charge in [-0.3, -0.25) is 0 Å². The molecule has 1 aromatic rings. The Bertz CT molecular complexity index is 493. The van der Waals surface area contributed by atoms with Gasteiger partial charge in [-0.2, -0.15) is 0 Å². The molecular formula is C18H29FIN3O. The number of rotatable bonds is 8. The minimum atomic E-state index is -0.211. The first kappa shape index (κ1) is 21.2. The van der Waals surface area contributed by atoms with Crippen LogP contribution in [-0.4, -0.2) is 31.8 Å². The number of ether oxygens (including phenoxy) is 1. The fraction of sp³-hybridized carbons (Fsp3) is 0.611. The maximum atomic E-state index is 13.6. The van der Waals surface area contributed by atoms with E-state index in [1.54, 1.807) is 12.1 Å². The van der Waals surface area contributed by atoms with E-state index in [-0.39, 0.29) is 29.8 Å². The molecule has 1 fully saturated rings. The fourth-order valence-corrected chi connectivity index (χ4v) is 2.72. The van der Waals surface area contributed by atoms with Crippen molar-refractivity contribution < 1.29 is 9.13 Å². The highest BCUT2D eigenvalue weighted by atomic mass is 127. The van der Waals surface area contributed by atoms with Gasteiger partial charge in [0.25, 0.3) is 0 Å². The van der Waals surface area contributed by atoms with Crippen LogP contribution in [0.2, 0.25) is 0 Å². The zero-order valence-electron chi connectivity index (χ0n) is 14.4. The lowest BCUT2D eigenvalue weighted by atomic mass is 10.2. The van der Waals surface area contributed by atoms with Crippen molar-refractivity contribution in [2.24, 2.45) is 4.99 Å². The number of benzene rings is 1. The van der Waals surface area contributed by atoms with Gasteiger partial charge in [0.05, 0.1) is 12.6 Å². The van der Waals surface area contributed by atoms with E-state index in [0.29, 0.717) is 18.2 Å². The Morgan fingerprint density at radius 2 is 2.00 bits per heavy atom. The lowest BCUT2D eigenvalue weighted by Crippen LogP contribution is -2.38. The SMILES string of the molecule is CCNC(=NCc1ccccc1F)NCCCOC1CCCC1.I. The summed E-state index contributed by atoms with van der Waals surface area (Å²) in [5, 5.41) is 6.45. The first-order valence-electron chi connectivity index (χ1n) is 8.66. The molecule has 0 atom stereocenters. The molecule has 0 aliphatic heterocycles. The van der Waals surface area contributed by atoms with Crippen LogP contribution in [0.25, 0.3) is 0 Å². The molecule has 0 bridgehead atoms. The van der Waals surface area contributed by atoms with Crippen LogP contribution in [0.3, 0.4) is 0 Å². The molecule has 4 nitrogen and oxygen atoms in total. The van der Waals surface area contributed by atoms with E-state index in [0.717, 1.165) is 32.1 Å². The average molecular weight is 449 g/mol. The average Bonchev–Trinajstić information content (AvgIpc) is 3.07. The van der Waals surface area contributed by atoms with Gasteiger partial charge >= 0.3 is 0 Å². The number of aliphatic imine (C=N–C) groups is 1. The molecule has 0 spiro atoms. The Kier molecular flexibility index (Phi) is 11.0. The summed E-state index contributed by atoms with van der Waals surface area (Å²) >= 11 is 0. The summed E-state index contributed by atoms with van der Waals surface area (Å²) in [5.41, 5.74) is 0.606. The second-order valence-electron chi connectivity index (χ2n) is 5.84. The minimum Gasteiger partial charge on any atom is -0.378 e. The van der Waals surface area contributed by atoms with E-state index < -0.39 is 0 Å². The number of nitrogens with zero attached hydrogens (tertiary/aromatic N) is 1. The Balaban J connectivity index is 0.00000288. The number of halogens is 2. The molecule has 1 aliphatic rings. The molecule has 0 amide bonds. The molecule has 136 valence electrons. The standard InChI is InChI=1S/C18H28FN3O.HI/c1-2-20-18(22-14-15-8-3-6-11-17(15)19)21-12-7-13-23-16-9-4-5-10-16;/h3,6,8,11,16H,2,4-5,7,9-10,12-14H2,1H3,(H2,20,21,22);1H. The van der Waals surface area contributed by atoms with Crippen LogP contribution < -0.4 is 10.6 Å². The van der Waals surface area contributed by atoms with Crippen LogP contribution in [0.15, 0.2) is 29.3 Å². The number of nitrogens with one attached hydrogen (secondary N) is 2. The molecular weight excluding hydrogens is 420 g/mol. The van der Waals surface area contributed by atoms with E-state index >= 15 is 0 Å². The Morgan fingerprint density at radius 1 is 1.25 bits per heavy atom. The van der Waals surface area contributed by atoms with Gasteiger partial charge in [0.2, 0.25) is 0 Å². The van der Waals surface area contributed by atoms with Crippen molar-refractivity contribution in [1.82, 2.24) is 10.6 Å². The third-order valence-electron chi connectivity index (χ3n) is 3.98. The van der Waals surface area contributed by atoms with Crippen molar-refractivity contribution in [2.75, 3.05) is 19.7 Å². The second kappa shape index (κ2) is 12.5. The zero-order valence-corrected chi connectivity index (χ0v) is 16.7. The third kappa shape index (κ3) is 7.79. The molecule has 0 aromatic heterocycles. The van der Waals surface area contributed by atoms with Crippen LogP contribution in [-0.2, 0) is 11.3 Å². The van der Waals surface area contributed by atoms with E-state index in [4.69, 9.17) is 4.74 Å². The van der Waals surface area contributed by atoms with Crippen LogP contribution >= 0.6 is 24.0 Å². The maximum Gasteiger partial charge on any atom is 0.191 e. The Labute approximate surface area is 161 Å². The van der Waals surface area contributed by atoms with Crippen LogP contribution in [0.5, 0.6) is 0 Å². The quantitative estimate of drug-likeness (QED) is 0.274. The molecule has 24 heavy (non-hydrogen) atoms. The lowest BCUT2D eigenvalue weighted by molar-refractivity contribution is 0.0574. The van der Waals surface area contributed by atoms with Gasteiger partial charge in [0, 0.05) is 25.3 Å². The summed E-state index contributed by atoms with van der Waals surface area (Å²) < 4.78 is 19.4. The normalized spacial score (nSPS) is 15.2. The van der Waals surface area contributed by atoms with Gasteiger partial charge in [-0.25, -0.2) is 9.38 Å². The molecule has 0 saturated heterocycles. The van der Waals surface area contributed by atoms with Crippen LogP contribution in [0, 0.1) is 5.82 Å². The zero-order chi connectivity index (χ0) is 16.3. The Morgan fingerprint density at radius 3 is 2.71 bits per heavy atom. The molecule has 2 N–H and O–H groups in total. The van der Waals surface area contributed by atoms with Crippen molar-refractivity contribution >= 4 is 29.9 Å². The molecule has 1 aliphatic carbocycles. The highest BCUT2D eigenvalue weighted by molar-refractivity contribution is 14.0. The highest BCUT2D eigenvalue weighted by Gasteiger charge is 2.14. The van der Waals surface area contributed by atoms with Crippen molar-refractivity contribution in [3.63, 3.8) is 0 Å². The van der Waals surface area contributed by atoms with E-state index in [2.05, 4.69) is 15.6 Å². The Hall–Kier alpha value is -0.890. The second-order valence-corrected chi connectivity index (χ2v) is 5.84. The smallest absolute Gasteiger partial charge is 0.191 e. The van der Waals surface area contributed by atoms with Gasteiger partial charge in [-0.05, 0) is 32.3 Å². The molecule has 1 aromatic carbocycles. The number of hydrogen-bond acceptors (Lipinski definition) is 2. The van der Waals surface area contributed by atoms with Gasteiger partial charge in [-0.1, -0.05) is 31.0 Å². The molecule has 0 heterocycles. The fourth-order valence-electron chi connectivity index (χ4n) is 2.72. The summed E-state index contributed by atoms with van der Waals surface area (Å²) in [6.45, 7) is 4.71. The predicted molar refractivity (Wildman–Crippen MR) is 107 cm³/mol. The van der Waals surface area contributed by atoms with Crippen LogP contribution in [0.4, 0.5) is 4.39 Å². The molecule has 0 radical (unpaired) electrons. The maximum absolute atomic E-state index is 13.6. The minimum absolute atomic E-state index is 0. The topological polar surface area (TPSA) is 45.7 Å². The molecule has 2 rings (SSSR count). The van der Waals surface area contributed by atoms with E-state index in [1.165, 1.54) is 31.7 Å². The summed E-state index contributed by atoms with van der Waals surface area (Å²) in [6, 6.07) is 6.74. The van der Waals surface area contributed by atoms with Gasteiger partial charge in [0.1, 0.15) is 5.82 Å². The van der Waals surface area contributed by atoms with Crippen molar-refractivity contribution in [3.05, 3.63) is 35.6 Å². The largest absolute Gasteiger partial charge is 0.378 e. The summed E-state index contributed by atoms with van der Waals surface area (Å²) in [4.78, 5) is 4.43. The first-order chi connectivity index (χ1) is 11.3. The van der Waals surface area contributed by atoms with E-state index in [1.807, 2.05) is 13.0 Å². The third-order valence-corrected chi connectivity index (χ3v) is 3.98.